The minimum absolute atomic E-state index is 0.0231. The molecule has 2 aromatic heterocycles. The van der Waals surface area contributed by atoms with E-state index in [1.54, 1.807) is 17.8 Å². The Kier molecular flexibility index (Phi) is 3.95. The van der Waals surface area contributed by atoms with Crippen LogP contribution in [0, 0.1) is 6.92 Å². The summed E-state index contributed by atoms with van der Waals surface area (Å²) in [5.41, 5.74) is 1.80. The van der Waals surface area contributed by atoms with Crippen LogP contribution in [0.3, 0.4) is 0 Å². The number of anilines is 1. The molecule has 3 rings (SSSR count). The lowest BCUT2D eigenvalue weighted by Gasteiger charge is -2.09. The fraction of sp³-hybridized carbons (Fsp3) is 0.143. The van der Waals surface area contributed by atoms with Crippen molar-refractivity contribution in [1.82, 2.24) is 14.8 Å². The average Bonchev–Trinajstić information content (AvgIpc) is 2.76. The maximum atomic E-state index is 12.4. The number of halogens is 2. The smallest absolute Gasteiger partial charge is 0.261 e. The zero-order chi connectivity index (χ0) is 16.8. The van der Waals surface area contributed by atoms with Gasteiger partial charge in [-0.15, -0.1) is 0 Å². The topological polar surface area (TPSA) is 76.9 Å². The van der Waals surface area contributed by atoms with Crippen LogP contribution in [0.25, 0.3) is 11.0 Å². The molecular formula is C14H12Cl2N4O2S. The average molecular weight is 371 g/mol. The Bertz CT molecular complexity index is 1020. The van der Waals surface area contributed by atoms with Crippen molar-refractivity contribution in [2.24, 2.45) is 7.05 Å². The zero-order valence-electron chi connectivity index (χ0n) is 12.2. The normalized spacial score (nSPS) is 11.8. The second-order valence-corrected chi connectivity index (χ2v) is 7.48. The molecule has 1 N–H and O–H groups in total. The highest BCUT2D eigenvalue weighted by Gasteiger charge is 2.17. The number of sulfonamides is 1. The molecular weight excluding hydrogens is 359 g/mol. The lowest BCUT2D eigenvalue weighted by Crippen LogP contribution is -2.13. The van der Waals surface area contributed by atoms with Gasteiger partial charge in [0.1, 0.15) is 0 Å². The maximum Gasteiger partial charge on any atom is 0.261 e. The Hall–Kier alpha value is -1.83. The number of pyridine rings is 1. The number of hydrogen-bond donors (Lipinski definition) is 1. The molecule has 0 bridgehead atoms. The molecule has 0 atom stereocenters. The lowest BCUT2D eigenvalue weighted by molar-refractivity contribution is 0.601. The number of benzene rings is 1. The zero-order valence-corrected chi connectivity index (χ0v) is 14.5. The van der Waals surface area contributed by atoms with Gasteiger partial charge in [0.05, 0.1) is 32.5 Å². The van der Waals surface area contributed by atoms with E-state index in [-0.39, 0.29) is 9.92 Å². The van der Waals surface area contributed by atoms with Crippen molar-refractivity contribution in [2.45, 2.75) is 11.8 Å². The summed E-state index contributed by atoms with van der Waals surface area (Å²) in [4.78, 5) is 4.26. The standard InChI is InChI=1S/C14H12Cl2N4O2S/c1-8-11-5-9(7-17-14(11)20(2)18-8)19-23(21,22)10-3-4-12(15)13(16)6-10/h3-7,19H,1-2H3. The fourth-order valence-electron chi connectivity index (χ4n) is 2.22. The second kappa shape index (κ2) is 5.67. The highest BCUT2D eigenvalue weighted by Crippen LogP contribution is 2.26. The van der Waals surface area contributed by atoms with Gasteiger partial charge in [-0.25, -0.2) is 13.4 Å². The third-order valence-electron chi connectivity index (χ3n) is 3.32. The van der Waals surface area contributed by atoms with Gasteiger partial charge < -0.3 is 0 Å². The number of aromatic nitrogens is 3. The van der Waals surface area contributed by atoms with Crippen LogP contribution in [0.4, 0.5) is 5.69 Å². The highest BCUT2D eigenvalue weighted by molar-refractivity contribution is 7.92. The minimum atomic E-state index is -3.79. The van der Waals surface area contributed by atoms with Gasteiger partial charge in [0.25, 0.3) is 10.0 Å². The van der Waals surface area contributed by atoms with Crippen LogP contribution >= 0.6 is 23.2 Å². The van der Waals surface area contributed by atoms with Crippen molar-refractivity contribution in [3.63, 3.8) is 0 Å². The number of aryl methyl sites for hydroxylation is 2. The molecule has 6 nitrogen and oxygen atoms in total. The molecule has 0 aliphatic rings. The Labute approximate surface area is 143 Å². The van der Waals surface area contributed by atoms with Crippen LogP contribution < -0.4 is 4.72 Å². The summed E-state index contributed by atoms with van der Waals surface area (Å²) in [6, 6.07) is 5.82. The summed E-state index contributed by atoms with van der Waals surface area (Å²) in [5.74, 6) is 0. The molecule has 0 amide bonds. The van der Waals surface area contributed by atoms with E-state index in [1.165, 1.54) is 24.4 Å². The number of nitrogens with zero attached hydrogens (tertiary/aromatic N) is 3. The first-order chi connectivity index (χ1) is 10.8. The number of fused-ring (bicyclic) bond motifs is 1. The Morgan fingerprint density at radius 3 is 2.61 bits per heavy atom. The molecule has 0 aliphatic carbocycles. The van der Waals surface area contributed by atoms with Gasteiger partial charge in [-0.05, 0) is 31.2 Å². The van der Waals surface area contributed by atoms with Crippen molar-refractivity contribution < 1.29 is 8.42 Å². The van der Waals surface area contributed by atoms with Crippen LogP contribution in [-0.2, 0) is 17.1 Å². The molecule has 23 heavy (non-hydrogen) atoms. The van der Waals surface area contributed by atoms with Crippen molar-refractivity contribution in [2.75, 3.05) is 4.72 Å². The summed E-state index contributed by atoms with van der Waals surface area (Å²) in [6.07, 6.45) is 1.44. The van der Waals surface area contributed by atoms with Gasteiger partial charge in [0.2, 0.25) is 0 Å². The van der Waals surface area contributed by atoms with Crippen molar-refractivity contribution in [3.05, 3.63) is 46.2 Å². The summed E-state index contributed by atoms with van der Waals surface area (Å²) in [5, 5.41) is 5.50. The van der Waals surface area contributed by atoms with E-state index in [0.29, 0.717) is 16.4 Å². The highest BCUT2D eigenvalue weighted by atomic mass is 35.5. The third kappa shape index (κ3) is 2.99. The predicted molar refractivity (Wildman–Crippen MR) is 90.5 cm³/mol. The third-order valence-corrected chi connectivity index (χ3v) is 5.43. The van der Waals surface area contributed by atoms with E-state index < -0.39 is 10.0 Å². The van der Waals surface area contributed by atoms with Crippen LogP contribution in [0.1, 0.15) is 5.69 Å². The molecule has 9 heteroatoms. The molecule has 0 aliphatic heterocycles. The molecule has 0 saturated heterocycles. The molecule has 0 radical (unpaired) electrons. The van der Waals surface area contributed by atoms with Crippen LogP contribution in [0.2, 0.25) is 10.0 Å². The van der Waals surface area contributed by atoms with Crippen LogP contribution in [-0.4, -0.2) is 23.2 Å². The first-order valence-corrected chi connectivity index (χ1v) is 8.79. The first kappa shape index (κ1) is 16.0. The summed E-state index contributed by atoms with van der Waals surface area (Å²) in [6.45, 7) is 1.83. The van der Waals surface area contributed by atoms with Gasteiger partial charge in [0, 0.05) is 12.4 Å². The van der Waals surface area contributed by atoms with Crippen LogP contribution in [0.5, 0.6) is 0 Å². The van der Waals surface area contributed by atoms with E-state index in [0.717, 1.165) is 11.1 Å². The summed E-state index contributed by atoms with van der Waals surface area (Å²) in [7, 11) is -2.01. The van der Waals surface area contributed by atoms with Gasteiger partial charge in [-0.2, -0.15) is 5.10 Å². The summed E-state index contributed by atoms with van der Waals surface area (Å²) >= 11 is 11.7. The molecule has 1 aromatic carbocycles. The molecule has 0 saturated carbocycles. The molecule has 0 spiro atoms. The Morgan fingerprint density at radius 1 is 1.17 bits per heavy atom. The second-order valence-electron chi connectivity index (χ2n) is 4.99. The number of nitrogens with one attached hydrogen (secondary N) is 1. The fourth-order valence-corrected chi connectivity index (χ4v) is 3.64. The molecule has 3 aromatic rings. The van der Waals surface area contributed by atoms with Crippen molar-refractivity contribution in [3.8, 4) is 0 Å². The van der Waals surface area contributed by atoms with Gasteiger partial charge in [-0.1, -0.05) is 23.2 Å². The van der Waals surface area contributed by atoms with E-state index in [4.69, 9.17) is 23.2 Å². The molecule has 2 heterocycles. The van der Waals surface area contributed by atoms with Crippen LogP contribution in [0.15, 0.2) is 35.4 Å². The predicted octanol–water partition coefficient (Wildman–Crippen LogP) is 3.38. The van der Waals surface area contributed by atoms with Gasteiger partial charge in [-0.3, -0.25) is 9.40 Å². The largest absolute Gasteiger partial charge is 0.278 e. The minimum Gasteiger partial charge on any atom is -0.278 e. The van der Waals surface area contributed by atoms with Crippen molar-refractivity contribution in [1.29, 1.82) is 0 Å². The molecule has 0 fully saturated rings. The van der Waals surface area contributed by atoms with Gasteiger partial charge >= 0.3 is 0 Å². The quantitative estimate of drug-likeness (QED) is 0.766. The Morgan fingerprint density at radius 2 is 1.91 bits per heavy atom. The van der Waals surface area contributed by atoms with Gasteiger partial charge in [0.15, 0.2) is 5.65 Å². The lowest BCUT2D eigenvalue weighted by atomic mass is 10.3. The Balaban J connectivity index is 1.99. The number of hydrogen-bond acceptors (Lipinski definition) is 4. The van der Waals surface area contributed by atoms with E-state index in [2.05, 4.69) is 14.8 Å². The van der Waals surface area contributed by atoms with E-state index >= 15 is 0 Å². The van der Waals surface area contributed by atoms with E-state index in [9.17, 15) is 8.42 Å². The molecule has 0 unspecified atom stereocenters. The summed E-state index contributed by atoms with van der Waals surface area (Å²) < 4.78 is 29.0. The number of rotatable bonds is 3. The maximum absolute atomic E-state index is 12.4. The monoisotopic (exact) mass is 370 g/mol. The van der Waals surface area contributed by atoms with E-state index in [1.807, 2.05) is 6.92 Å². The SMILES string of the molecule is Cc1nn(C)c2ncc(NS(=O)(=O)c3ccc(Cl)c(Cl)c3)cc12. The first-order valence-electron chi connectivity index (χ1n) is 6.55. The van der Waals surface area contributed by atoms with Crippen molar-refractivity contribution >= 4 is 49.9 Å². The molecule has 120 valence electrons.